The first-order valence-corrected chi connectivity index (χ1v) is 10.8. The molecule has 0 amide bonds. The Kier molecular flexibility index (Phi) is 4.32. The third-order valence-corrected chi connectivity index (χ3v) is 7.60. The van der Waals surface area contributed by atoms with Crippen LogP contribution in [0.25, 0.3) is 0 Å². The molecule has 6 nitrogen and oxygen atoms in total. The Morgan fingerprint density at radius 1 is 1.09 bits per heavy atom. The van der Waals surface area contributed by atoms with Crippen LogP contribution in [-0.2, 0) is 20.0 Å². The van der Waals surface area contributed by atoms with Crippen molar-refractivity contribution in [3.8, 4) is 0 Å². The first kappa shape index (κ1) is 16.6. The van der Waals surface area contributed by atoms with Gasteiger partial charge in [0.25, 0.3) is 0 Å². The highest BCUT2D eigenvalue weighted by atomic mass is 32.2. The smallest absolute Gasteiger partial charge is 0.225 e. The van der Waals surface area contributed by atoms with Crippen LogP contribution in [0.3, 0.4) is 0 Å². The number of rotatable bonds is 4. The van der Waals surface area contributed by atoms with Gasteiger partial charge in [-0.2, -0.15) is 4.31 Å². The summed E-state index contributed by atoms with van der Waals surface area (Å²) in [4.78, 5) is 0.742. The number of benzene rings is 1. The van der Waals surface area contributed by atoms with E-state index in [1.165, 1.54) is 33.8 Å². The zero-order valence-corrected chi connectivity index (χ0v) is 14.6. The van der Waals surface area contributed by atoms with Crippen molar-refractivity contribution in [1.29, 1.82) is 0 Å². The van der Waals surface area contributed by atoms with E-state index in [4.69, 9.17) is 5.14 Å². The monoisotopic (exact) mass is 372 g/mol. The lowest BCUT2D eigenvalue weighted by Crippen LogP contribution is -2.30. The van der Waals surface area contributed by atoms with Gasteiger partial charge >= 0.3 is 0 Å². The minimum atomic E-state index is -3.95. The molecule has 1 fully saturated rings. The normalized spacial score (nSPS) is 20.0. The molecular formula is C14H16N2O4S3. The van der Waals surface area contributed by atoms with Crippen LogP contribution in [0.15, 0.2) is 51.6 Å². The van der Waals surface area contributed by atoms with Gasteiger partial charge in [-0.1, -0.05) is 12.1 Å². The fourth-order valence-corrected chi connectivity index (χ4v) is 6.04. The zero-order chi connectivity index (χ0) is 16.7. The summed E-state index contributed by atoms with van der Waals surface area (Å²) < 4.78 is 50.2. The van der Waals surface area contributed by atoms with Gasteiger partial charge in [-0.25, -0.2) is 22.0 Å². The van der Waals surface area contributed by atoms with Gasteiger partial charge in [0.1, 0.15) is 0 Å². The zero-order valence-electron chi connectivity index (χ0n) is 12.1. The molecule has 0 spiro atoms. The average molecular weight is 372 g/mol. The number of primary sulfonamides is 1. The Balaban J connectivity index is 2.02. The van der Waals surface area contributed by atoms with Crippen molar-refractivity contribution < 1.29 is 16.8 Å². The number of hydrogen-bond donors (Lipinski definition) is 1. The molecule has 1 aliphatic rings. The lowest BCUT2D eigenvalue weighted by atomic mass is 10.2. The maximum Gasteiger partial charge on any atom is 0.243 e. The molecule has 1 atom stereocenters. The fourth-order valence-electron chi connectivity index (χ4n) is 2.74. The van der Waals surface area contributed by atoms with E-state index in [1.54, 1.807) is 0 Å². The highest BCUT2D eigenvalue weighted by Crippen LogP contribution is 2.38. The summed E-state index contributed by atoms with van der Waals surface area (Å²) in [6.07, 6.45) is 1.53. The van der Waals surface area contributed by atoms with E-state index < -0.39 is 20.0 Å². The first-order valence-electron chi connectivity index (χ1n) is 6.98. The standard InChI is InChI=1S/C14H16N2O4S3/c15-22(17,18)11-4-1-5-12(10-11)23(19,20)16-8-2-6-13(16)14-7-3-9-21-14/h1,3-5,7,9-10,13H,2,6,8H2,(H2,15,17,18). The third kappa shape index (κ3) is 3.20. The summed E-state index contributed by atoms with van der Waals surface area (Å²) in [6, 6.07) is 8.81. The predicted molar refractivity (Wildman–Crippen MR) is 88.0 cm³/mol. The van der Waals surface area contributed by atoms with E-state index in [-0.39, 0.29) is 15.8 Å². The van der Waals surface area contributed by atoms with Gasteiger partial charge in [0.05, 0.1) is 15.8 Å². The molecule has 23 heavy (non-hydrogen) atoms. The second-order valence-corrected chi connectivity index (χ2v) is 9.74. The molecule has 0 bridgehead atoms. The summed E-state index contributed by atoms with van der Waals surface area (Å²) in [6.45, 7) is 0.421. The molecule has 1 aromatic heterocycles. The van der Waals surface area contributed by atoms with Gasteiger partial charge in [-0.3, -0.25) is 0 Å². The quantitative estimate of drug-likeness (QED) is 0.886. The van der Waals surface area contributed by atoms with E-state index in [0.29, 0.717) is 6.54 Å². The summed E-state index contributed by atoms with van der Waals surface area (Å²) >= 11 is 1.52. The molecule has 0 aliphatic carbocycles. The van der Waals surface area contributed by atoms with Crippen LogP contribution in [0, 0.1) is 0 Å². The molecule has 2 heterocycles. The molecule has 3 rings (SSSR count). The van der Waals surface area contributed by atoms with Crippen molar-refractivity contribution in [2.75, 3.05) is 6.54 Å². The number of thiophene rings is 1. The van der Waals surface area contributed by atoms with Gasteiger partial charge in [0, 0.05) is 11.4 Å². The topological polar surface area (TPSA) is 97.5 Å². The fraction of sp³-hybridized carbons (Fsp3) is 0.286. The summed E-state index contributed by atoms with van der Waals surface area (Å²) in [5, 5.41) is 7.01. The molecule has 2 N–H and O–H groups in total. The lowest BCUT2D eigenvalue weighted by Gasteiger charge is -2.23. The largest absolute Gasteiger partial charge is 0.243 e. The Morgan fingerprint density at radius 2 is 1.83 bits per heavy atom. The van der Waals surface area contributed by atoms with Gasteiger partial charge in [-0.05, 0) is 42.5 Å². The molecule has 124 valence electrons. The predicted octanol–water partition coefficient (Wildman–Crippen LogP) is 1.92. The van der Waals surface area contributed by atoms with Crippen molar-refractivity contribution in [2.24, 2.45) is 5.14 Å². The molecule has 0 saturated carbocycles. The van der Waals surface area contributed by atoms with Crippen LogP contribution in [-0.4, -0.2) is 27.7 Å². The van der Waals surface area contributed by atoms with Crippen molar-refractivity contribution in [3.05, 3.63) is 46.7 Å². The number of hydrogen-bond acceptors (Lipinski definition) is 5. The van der Waals surface area contributed by atoms with Gasteiger partial charge in [0.15, 0.2) is 0 Å². The number of sulfonamides is 2. The second-order valence-electron chi connectivity index (χ2n) is 5.31. The lowest BCUT2D eigenvalue weighted by molar-refractivity contribution is 0.401. The van der Waals surface area contributed by atoms with Crippen molar-refractivity contribution in [3.63, 3.8) is 0 Å². The van der Waals surface area contributed by atoms with E-state index in [0.717, 1.165) is 23.8 Å². The minimum absolute atomic E-state index is 0.0486. The summed E-state index contributed by atoms with van der Waals surface area (Å²) in [7, 11) is -7.72. The van der Waals surface area contributed by atoms with Gasteiger partial charge in [0.2, 0.25) is 20.0 Å². The molecule has 1 aromatic carbocycles. The molecule has 1 aliphatic heterocycles. The van der Waals surface area contributed by atoms with E-state index in [2.05, 4.69) is 0 Å². The maximum absolute atomic E-state index is 12.9. The van der Waals surface area contributed by atoms with Crippen LogP contribution in [0.1, 0.15) is 23.8 Å². The van der Waals surface area contributed by atoms with E-state index in [9.17, 15) is 16.8 Å². The minimum Gasteiger partial charge on any atom is -0.225 e. The van der Waals surface area contributed by atoms with Crippen LogP contribution in [0.4, 0.5) is 0 Å². The third-order valence-electron chi connectivity index (χ3n) is 3.82. The van der Waals surface area contributed by atoms with Crippen LogP contribution in [0.2, 0.25) is 0 Å². The highest BCUT2D eigenvalue weighted by Gasteiger charge is 2.36. The van der Waals surface area contributed by atoms with Crippen molar-refractivity contribution in [1.82, 2.24) is 4.31 Å². The first-order chi connectivity index (χ1) is 10.8. The SMILES string of the molecule is NS(=O)(=O)c1cccc(S(=O)(=O)N2CCCC2c2cccs2)c1. The Hall–Kier alpha value is -1.26. The molecule has 2 aromatic rings. The highest BCUT2D eigenvalue weighted by molar-refractivity contribution is 7.90. The molecule has 9 heteroatoms. The van der Waals surface area contributed by atoms with E-state index in [1.807, 2.05) is 17.5 Å². The Morgan fingerprint density at radius 3 is 2.48 bits per heavy atom. The number of nitrogens with two attached hydrogens (primary N) is 1. The van der Waals surface area contributed by atoms with Gasteiger partial charge < -0.3 is 0 Å². The molecule has 1 unspecified atom stereocenters. The van der Waals surface area contributed by atoms with Crippen molar-refractivity contribution in [2.45, 2.75) is 28.7 Å². The van der Waals surface area contributed by atoms with Crippen LogP contribution < -0.4 is 5.14 Å². The summed E-state index contributed by atoms with van der Waals surface area (Å²) in [5.41, 5.74) is 0. The van der Waals surface area contributed by atoms with Gasteiger partial charge in [-0.15, -0.1) is 11.3 Å². The van der Waals surface area contributed by atoms with Crippen LogP contribution in [0.5, 0.6) is 0 Å². The van der Waals surface area contributed by atoms with Crippen LogP contribution >= 0.6 is 11.3 Å². The van der Waals surface area contributed by atoms with Crippen molar-refractivity contribution >= 4 is 31.4 Å². The second kappa shape index (κ2) is 5.99. The molecular weight excluding hydrogens is 356 g/mol. The Labute approximate surface area is 139 Å². The Bertz CT molecular complexity index is 905. The van der Waals surface area contributed by atoms with E-state index >= 15 is 0 Å². The molecule has 1 saturated heterocycles. The average Bonchev–Trinajstić information content (AvgIpc) is 3.17. The summed E-state index contributed by atoms with van der Waals surface area (Å²) in [5.74, 6) is 0. The molecule has 0 radical (unpaired) electrons. The maximum atomic E-state index is 12.9. The number of nitrogens with zero attached hydrogens (tertiary/aromatic N) is 1.